The molecule has 29 heteroatoms. The van der Waals surface area contributed by atoms with Gasteiger partial charge in [0, 0.05) is 35.1 Å². The van der Waals surface area contributed by atoms with Gasteiger partial charge in [-0.25, -0.2) is 8.42 Å². The van der Waals surface area contributed by atoms with Gasteiger partial charge < -0.3 is 30.1 Å². The fourth-order valence-corrected chi connectivity index (χ4v) is 7.64. The first kappa shape index (κ1) is 64.8. The van der Waals surface area contributed by atoms with Crippen LogP contribution < -0.4 is 134 Å². The molecule has 0 spiro atoms. The SMILES string of the molecule is O=C1/C(=C2\Cc3c(cccc3S(=O)(=O)[O-])C2=O)Nc2cc[c-]cc21.O=C1/C(=C2\Nc3cc[c-]cc3C2=O)Cc2ccccc21.O=C1Nc2cc[c-]cc2C1=O.O=S(=O)=O.O=S(=O)=O.O=S(=O)=O.[Na+].[Na+].[Na+].[Na+]. The normalized spacial score (nSPS) is 15.3. The van der Waals surface area contributed by atoms with Crippen LogP contribution in [0.3, 0.4) is 0 Å². The van der Waals surface area contributed by atoms with Crippen LogP contribution in [-0.2, 0) is 59.6 Å². The zero-order valence-electron chi connectivity index (χ0n) is 37.1. The van der Waals surface area contributed by atoms with Crippen LogP contribution in [0.2, 0.25) is 0 Å². The molecule has 21 nitrogen and oxygen atoms in total. The van der Waals surface area contributed by atoms with Crippen molar-refractivity contribution < 1.29 is 198 Å². The Morgan fingerprint density at radius 3 is 1.24 bits per heavy atom. The minimum absolute atomic E-state index is 0. The van der Waals surface area contributed by atoms with Gasteiger partial charge in [-0.15, -0.1) is 56.1 Å². The second kappa shape index (κ2) is 28.9. The van der Waals surface area contributed by atoms with E-state index < -0.39 is 64.3 Å². The van der Waals surface area contributed by atoms with Crippen molar-refractivity contribution in [3.8, 4) is 0 Å². The summed E-state index contributed by atoms with van der Waals surface area (Å²) < 4.78 is 110. The largest absolute Gasteiger partial charge is 1.00 e. The third kappa shape index (κ3) is 16.4. The number of anilines is 3. The number of carbonyl (C=O) groups is 6. The number of nitrogens with one attached hydrogen (secondary N) is 3. The van der Waals surface area contributed by atoms with Crippen LogP contribution in [0.15, 0.2) is 124 Å². The molecule has 2 aliphatic carbocycles. The molecular weight excluding hydrogens is 1050 g/mol. The van der Waals surface area contributed by atoms with Gasteiger partial charge >= 0.3 is 150 Å². The van der Waals surface area contributed by atoms with E-state index in [2.05, 4.69) is 34.1 Å². The summed E-state index contributed by atoms with van der Waals surface area (Å²) in [5, 5.41) is 8.43. The van der Waals surface area contributed by atoms with E-state index in [1.54, 1.807) is 42.5 Å². The first-order valence-corrected chi connectivity index (χ1v) is 22.5. The predicted octanol–water partition coefficient (Wildman–Crippen LogP) is -9.89. The van der Waals surface area contributed by atoms with E-state index in [4.69, 9.17) is 37.9 Å². The number of fused-ring (bicyclic) bond motifs is 5. The van der Waals surface area contributed by atoms with Gasteiger partial charge in [0.25, 0.3) is 5.91 Å². The standard InChI is InChI=1S/C17H10NO5S.C17H10NO2.C8H4NO2.4Na.3O3S/c19-16-9-5-3-7-14(24(21,22)23)11(9)8-12(16)15-17(20)10-4-1-2-6-13(10)18-15;19-16-11-6-2-1-5-10(11)9-13(16)15-17(20)12-7-3-4-8-14(12)18-15;10-7-5-3-1-2-4-6(5)9-8(7)11;;;;;3*1-4(2)3/h2-7,18H,8H2,(H,21,22,23);1-2,4-8,18H,9H2;2-4H,(H,9,10,11);;;;;;;/q3*-1;4*+1;;;/p-1/b15-12-;15-13-;;;;;;;;. The Bertz CT molecular complexity index is 3380. The van der Waals surface area contributed by atoms with E-state index in [1.165, 1.54) is 30.3 Å². The molecular formula is C42H23N3Na4O18S4. The summed E-state index contributed by atoms with van der Waals surface area (Å²) in [6.45, 7) is 0. The van der Waals surface area contributed by atoms with Crippen molar-refractivity contribution in [1.29, 1.82) is 0 Å². The maximum atomic E-state index is 12.6. The summed E-state index contributed by atoms with van der Waals surface area (Å²) in [5.74, 6) is -1.98. The Hall–Kier alpha value is -4.23. The van der Waals surface area contributed by atoms with Crippen LogP contribution in [0.1, 0.15) is 62.9 Å². The van der Waals surface area contributed by atoms with Gasteiger partial charge in [-0.1, -0.05) is 70.2 Å². The molecule has 0 saturated carbocycles. The maximum absolute atomic E-state index is 12.6. The second-order valence-corrected chi connectivity index (χ2v) is 15.9. The van der Waals surface area contributed by atoms with E-state index in [0.29, 0.717) is 51.3 Å². The summed E-state index contributed by atoms with van der Waals surface area (Å²) in [6, 6.07) is 34.8. The number of rotatable bonds is 1. The molecule has 0 atom stereocenters. The van der Waals surface area contributed by atoms with Gasteiger partial charge in [-0.3, -0.25) is 19.2 Å². The van der Waals surface area contributed by atoms with Gasteiger partial charge in [-0.05, 0) is 17.2 Å². The number of hydrogen-bond acceptors (Lipinski definition) is 20. The molecule has 3 N–H and O–H groups in total. The van der Waals surface area contributed by atoms with Crippen molar-refractivity contribution in [2.24, 2.45) is 0 Å². The fraction of sp³-hybridized carbons (Fsp3) is 0.0476. The van der Waals surface area contributed by atoms with Gasteiger partial charge in [0.05, 0.1) is 16.3 Å². The van der Waals surface area contributed by atoms with E-state index in [9.17, 15) is 41.7 Å². The molecule has 0 bridgehead atoms. The molecule has 5 aromatic rings. The molecule has 3 heterocycles. The first-order chi connectivity index (χ1) is 31.6. The van der Waals surface area contributed by atoms with Crippen molar-refractivity contribution in [3.63, 3.8) is 0 Å². The van der Waals surface area contributed by atoms with E-state index in [0.717, 1.165) is 11.3 Å². The number of hydrogen-bond donors (Lipinski definition) is 3. The zero-order chi connectivity index (χ0) is 49.3. The van der Waals surface area contributed by atoms with Crippen molar-refractivity contribution in [2.75, 3.05) is 16.0 Å². The summed E-state index contributed by atoms with van der Waals surface area (Å²) in [6.07, 6.45) is 0.443. The van der Waals surface area contributed by atoms with E-state index >= 15 is 0 Å². The number of amides is 1. The molecule has 342 valence electrons. The fourth-order valence-electron chi connectivity index (χ4n) is 6.91. The van der Waals surface area contributed by atoms with Crippen LogP contribution in [0, 0.1) is 18.2 Å². The molecule has 71 heavy (non-hydrogen) atoms. The van der Waals surface area contributed by atoms with E-state index in [1.807, 2.05) is 24.3 Å². The van der Waals surface area contributed by atoms with Gasteiger partial charge in [-0.2, -0.15) is 54.6 Å². The molecule has 10 rings (SSSR count). The number of allylic oxidation sites excluding steroid dienone is 4. The van der Waals surface area contributed by atoms with Crippen LogP contribution in [0.25, 0.3) is 0 Å². The Labute approximate surface area is 495 Å². The van der Waals surface area contributed by atoms with Crippen LogP contribution in [-0.4, -0.2) is 85.7 Å². The molecule has 0 saturated heterocycles. The Morgan fingerprint density at radius 1 is 0.451 bits per heavy atom. The van der Waals surface area contributed by atoms with Gasteiger partial charge in [0.2, 0.25) is 0 Å². The molecule has 3 aliphatic heterocycles. The number of ketones is 5. The minimum Gasteiger partial charge on any atom is -0.744 e. The number of carbonyl (C=O) groups excluding carboxylic acids is 6. The van der Waals surface area contributed by atoms with Crippen LogP contribution in [0.4, 0.5) is 17.1 Å². The summed E-state index contributed by atoms with van der Waals surface area (Å²) in [4.78, 5) is 71.2. The average molecular weight is 1080 g/mol. The Balaban J connectivity index is 0.000000483. The van der Waals surface area contributed by atoms with Crippen molar-refractivity contribution in [1.82, 2.24) is 0 Å². The van der Waals surface area contributed by atoms with E-state index in [-0.39, 0.29) is 164 Å². The topological polar surface area (TPSA) is 349 Å². The van der Waals surface area contributed by atoms with Gasteiger partial charge in [0.1, 0.15) is 10.1 Å². The van der Waals surface area contributed by atoms with Crippen LogP contribution in [0.5, 0.6) is 0 Å². The molecule has 0 fully saturated rings. The smallest absolute Gasteiger partial charge is 0.744 e. The van der Waals surface area contributed by atoms with Crippen LogP contribution >= 0.6 is 0 Å². The predicted molar refractivity (Wildman–Crippen MR) is 225 cm³/mol. The monoisotopic (exact) mass is 1080 g/mol. The Kier molecular flexibility index (Phi) is 26.3. The third-order valence-electron chi connectivity index (χ3n) is 9.54. The molecule has 5 aromatic carbocycles. The summed E-state index contributed by atoms with van der Waals surface area (Å²) in [7, 11) is -14.0. The molecule has 0 radical (unpaired) electrons. The minimum atomic E-state index is -4.70. The zero-order valence-corrected chi connectivity index (χ0v) is 48.4. The third-order valence-corrected chi connectivity index (χ3v) is 10.5. The molecule has 1 amide bonds. The van der Waals surface area contributed by atoms with Crippen molar-refractivity contribution in [2.45, 2.75) is 17.7 Å². The summed E-state index contributed by atoms with van der Waals surface area (Å²) >= 11 is 0. The maximum Gasteiger partial charge on any atom is 1.00 e. The first-order valence-electron chi connectivity index (χ1n) is 18.1. The molecule has 0 unspecified atom stereocenters. The van der Waals surface area contributed by atoms with Crippen molar-refractivity contribution >= 4 is 93.8 Å². The average Bonchev–Trinajstić information content (AvgIpc) is 4.05. The number of benzene rings is 5. The summed E-state index contributed by atoms with van der Waals surface area (Å²) in [5.41, 5.74) is 6.56. The number of Topliss-reactive ketones (excluding diaryl/α,β-unsaturated/α-hetero) is 5. The van der Waals surface area contributed by atoms with Gasteiger partial charge in [0.15, 0.2) is 28.9 Å². The quantitative estimate of drug-likeness (QED) is 0.0461. The Morgan fingerprint density at radius 2 is 0.831 bits per heavy atom. The molecule has 5 aliphatic rings. The second-order valence-electron chi connectivity index (χ2n) is 13.3. The van der Waals surface area contributed by atoms with Crippen molar-refractivity contribution in [3.05, 3.63) is 177 Å². The molecule has 0 aromatic heterocycles.